The van der Waals surface area contributed by atoms with Crippen molar-refractivity contribution in [1.29, 1.82) is 0 Å². The van der Waals surface area contributed by atoms with Gasteiger partial charge in [-0.05, 0) is 24.1 Å². The Hall–Kier alpha value is -1.74. The lowest BCUT2D eigenvalue weighted by Crippen LogP contribution is -1.97. The minimum atomic E-state index is 0.543. The zero-order valence-electron chi connectivity index (χ0n) is 9.35. The van der Waals surface area contributed by atoms with Crippen LogP contribution in [0, 0.1) is 0 Å². The van der Waals surface area contributed by atoms with Gasteiger partial charge in [0.2, 0.25) is 0 Å². The first-order valence-corrected chi connectivity index (χ1v) is 5.44. The normalized spacial score (nSPS) is 10.4. The van der Waals surface area contributed by atoms with E-state index in [1.54, 1.807) is 6.20 Å². The van der Waals surface area contributed by atoms with E-state index in [0.29, 0.717) is 6.54 Å². The molecular formula is C13H15N3. The molecule has 2 N–H and O–H groups in total. The fourth-order valence-corrected chi connectivity index (χ4v) is 1.57. The number of hydrogen-bond acceptors (Lipinski definition) is 3. The van der Waals surface area contributed by atoms with E-state index in [4.69, 9.17) is 5.73 Å². The Balaban J connectivity index is 2.41. The molecule has 1 heterocycles. The summed E-state index contributed by atoms with van der Waals surface area (Å²) in [7, 11) is 0. The van der Waals surface area contributed by atoms with E-state index in [9.17, 15) is 0 Å². The third-order valence-corrected chi connectivity index (χ3v) is 2.50. The maximum Gasteiger partial charge on any atom is 0.159 e. The Labute approximate surface area is 95.4 Å². The Kier molecular flexibility index (Phi) is 3.27. The van der Waals surface area contributed by atoms with Gasteiger partial charge in [-0.3, -0.25) is 0 Å². The number of aromatic nitrogens is 2. The van der Waals surface area contributed by atoms with Crippen LogP contribution in [-0.2, 0) is 13.0 Å². The fourth-order valence-electron chi connectivity index (χ4n) is 1.57. The molecule has 82 valence electrons. The highest BCUT2D eigenvalue weighted by atomic mass is 14.9. The van der Waals surface area contributed by atoms with Crippen LogP contribution in [0.3, 0.4) is 0 Å². The number of nitrogens with two attached hydrogens (primary N) is 1. The van der Waals surface area contributed by atoms with E-state index in [1.165, 1.54) is 0 Å². The number of nitrogens with zero attached hydrogens (tertiary/aromatic N) is 2. The van der Waals surface area contributed by atoms with Crippen LogP contribution in [0.2, 0.25) is 0 Å². The summed E-state index contributed by atoms with van der Waals surface area (Å²) in [5, 5.41) is 0. The number of hydrogen-bond donors (Lipinski definition) is 1. The zero-order chi connectivity index (χ0) is 11.4. The van der Waals surface area contributed by atoms with E-state index < -0.39 is 0 Å². The molecule has 0 unspecified atom stereocenters. The second-order valence-corrected chi connectivity index (χ2v) is 3.63. The lowest BCUT2D eigenvalue weighted by molar-refractivity contribution is 1.00. The van der Waals surface area contributed by atoms with Gasteiger partial charge in [0.25, 0.3) is 0 Å². The SMILES string of the molecule is CCc1ccnc(-c2cccc(CN)c2)n1. The summed E-state index contributed by atoms with van der Waals surface area (Å²) in [5.74, 6) is 0.773. The Morgan fingerprint density at radius 1 is 1.25 bits per heavy atom. The smallest absolute Gasteiger partial charge is 0.159 e. The fraction of sp³-hybridized carbons (Fsp3) is 0.231. The summed E-state index contributed by atoms with van der Waals surface area (Å²) >= 11 is 0. The summed E-state index contributed by atoms with van der Waals surface area (Å²) in [6, 6.07) is 9.98. The number of aryl methyl sites for hydroxylation is 1. The van der Waals surface area contributed by atoms with Crippen molar-refractivity contribution in [2.75, 3.05) is 0 Å². The molecule has 0 amide bonds. The van der Waals surface area contributed by atoms with E-state index in [2.05, 4.69) is 16.9 Å². The van der Waals surface area contributed by atoms with Crippen LogP contribution < -0.4 is 5.73 Å². The van der Waals surface area contributed by atoms with Gasteiger partial charge in [0.1, 0.15) is 0 Å². The van der Waals surface area contributed by atoms with Crippen LogP contribution >= 0.6 is 0 Å². The lowest BCUT2D eigenvalue weighted by atomic mass is 10.1. The van der Waals surface area contributed by atoms with Gasteiger partial charge in [-0.2, -0.15) is 0 Å². The van der Waals surface area contributed by atoms with Crippen LogP contribution in [-0.4, -0.2) is 9.97 Å². The molecule has 1 aromatic carbocycles. The lowest BCUT2D eigenvalue weighted by Gasteiger charge is -2.03. The molecule has 3 nitrogen and oxygen atoms in total. The van der Waals surface area contributed by atoms with Crippen molar-refractivity contribution in [2.24, 2.45) is 5.73 Å². The third-order valence-electron chi connectivity index (χ3n) is 2.50. The highest BCUT2D eigenvalue weighted by molar-refractivity contribution is 5.55. The minimum absolute atomic E-state index is 0.543. The van der Waals surface area contributed by atoms with Crippen molar-refractivity contribution >= 4 is 0 Å². The summed E-state index contributed by atoms with van der Waals surface area (Å²) in [6.07, 6.45) is 2.72. The first kappa shape index (κ1) is 10.8. The van der Waals surface area contributed by atoms with Crippen LogP contribution in [0.4, 0.5) is 0 Å². The number of rotatable bonds is 3. The maximum atomic E-state index is 5.61. The molecule has 0 bridgehead atoms. The monoisotopic (exact) mass is 213 g/mol. The van der Waals surface area contributed by atoms with Gasteiger partial charge in [-0.1, -0.05) is 25.1 Å². The minimum Gasteiger partial charge on any atom is -0.326 e. The molecule has 2 rings (SSSR count). The van der Waals surface area contributed by atoms with Gasteiger partial charge in [-0.15, -0.1) is 0 Å². The van der Waals surface area contributed by atoms with Crippen molar-refractivity contribution in [3.05, 3.63) is 47.8 Å². The quantitative estimate of drug-likeness (QED) is 0.850. The van der Waals surface area contributed by atoms with E-state index in [-0.39, 0.29) is 0 Å². The first-order chi connectivity index (χ1) is 7.83. The van der Waals surface area contributed by atoms with E-state index in [0.717, 1.165) is 29.1 Å². The molecular weight excluding hydrogens is 198 g/mol. The molecule has 0 radical (unpaired) electrons. The van der Waals surface area contributed by atoms with Gasteiger partial charge in [-0.25, -0.2) is 9.97 Å². The van der Waals surface area contributed by atoms with Crippen molar-refractivity contribution in [2.45, 2.75) is 19.9 Å². The third kappa shape index (κ3) is 2.25. The molecule has 0 aliphatic heterocycles. The van der Waals surface area contributed by atoms with Crippen molar-refractivity contribution in [3.8, 4) is 11.4 Å². The predicted molar refractivity (Wildman–Crippen MR) is 64.7 cm³/mol. The van der Waals surface area contributed by atoms with Gasteiger partial charge in [0.15, 0.2) is 5.82 Å². The molecule has 0 aliphatic carbocycles. The molecule has 0 aliphatic rings. The molecule has 0 spiro atoms. The molecule has 0 saturated heterocycles. The largest absolute Gasteiger partial charge is 0.326 e. The average molecular weight is 213 g/mol. The maximum absolute atomic E-state index is 5.61. The highest BCUT2D eigenvalue weighted by Crippen LogP contribution is 2.16. The van der Waals surface area contributed by atoms with Gasteiger partial charge in [0, 0.05) is 24.0 Å². The second-order valence-electron chi connectivity index (χ2n) is 3.63. The second kappa shape index (κ2) is 4.86. The molecule has 1 aromatic heterocycles. The summed E-state index contributed by atoms with van der Waals surface area (Å²) in [5.41, 5.74) is 8.80. The van der Waals surface area contributed by atoms with Gasteiger partial charge >= 0.3 is 0 Å². The molecule has 3 heteroatoms. The molecule has 0 fully saturated rings. The molecule has 2 aromatic rings. The van der Waals surface area contributed by atoms with Crippen molar-refractivity contribution in [1.82, 2.24) is 9.97 Å². The predicted octanol–water partition coefficient (Wildman–Crippen LogP) is 2.16. The number of benzene rings is 1. The zero-order valence-corrected chi connectivity index (χ0v) is 9.35. The molecule has 0 atom stereocenters. The molecule has 16 heavy (non-hydrogen) atoms. The topological polar surface area (TPSA) is 51.8 Å². The first-order valence-electron chi connectivity index (χ1n) is 5.44. The Morgan fingerprint density at radius 2 is 2.12 bits per heavy atom. The van der Waals surface area contributed by atoms with Crippen molar-refractivity contribution < 1.29 is 0 Å². The Morgan fingerprint density at radius 3 is 2.88 bits per heavy atom. The summed E-state index contributed by atoms with van der Waals surface area (Å²) in [6.45, 7) is 2.63. The van der Waals surface area contributed by atoms with Gasteiger partial charge < -0.3 is 5.73 Å². The average Bonchev–Trinajstić information content (AvgIpc) is 2.39. The van der Waals surface area contributed by atoms with E-state index >= 15 is 0 Å². The van der Waals surface area contributed by atoms with Crippen LogP contribution in [0.1, 0.15) is 18.2 Å². The van der Waals surface area contributed by atoms with Crippen LogP contribution in [0.25, 0.3) is 11.4 Å². The Bertz CT molecular complexity index is 435. The van der Waals surface area contributed by atoms with Gasteiger partial charge in [0.05, 0.1) is 0 Å². The summed E-state index contributed by atoms with van der Waals surface area (Å²) in [4.78, 5) is 8.77. The summed E-state index contributed by atoms with van der Waals surface area (Å²) < 4.78 is 0. The van der Waals surface area contributed by atoms with Crippen LogP contribution in [0.5, 0.6) is 0 Å². The van der Waals surface area contributed by atoms with Crippen LogP contribution in [0.15, 0.2) is 36.5 Å². The molecule has 0 saturated carbocycles. The van der Waals surface area contributed by atoms with E-state index in [1.807, 2.05) is 30.3 Å². The van der Waals surface area contributed by atoms with Crippen molar-refractivity contribution in [3.63, 3.8) is 0 Å². The highest BCUT2D eigenvalue weighted by Gasteiger charge is 2.02. The standard InChI is InChI=1S/C13H15N3/c1-2-12-6-7-15-13(16-12)11-5-3-4-10(8-11)9-14/h3-8H,2,9,14H2,1H3.